The maximum absolute atomic E-state index is 5.35. The van der Waals surface area contributed by atoms with Crippen LogP contribution in [0.25, 0.3) is 22.2 Å². The molecule has 4 rings (SSSR count). The van der Waals surface area contributed by atoms with Crippen LogP contribution >= 0.6 is 15.9 Å². The van der Waals surface area contributed by atoms with E-state index in [-0.39, 0.29) is 0 Å². The third-order valence-corrected chi connectivity index (χ3v) is 5.25. The van der Waals surface area contributed by atoms with Crippen molar-refractivity contribution in [2.24, 2.45) is 0 Å². The Hall–Kier alpha value is -1.87. The molecular formula is C20H18BrNO. The zero-order chi connectivity index (χ0) is 15.8. The van der Waals surface area contributed by atoms with Gasteiger partial charge in [0.2, 0.25) is 0 Å². The summed E-state index contributed by atoms with van der Waals surface area (Å²) in [6, 6.07) is 15.1. The Morgan fingerprint density at radius 1 is 1.04 bits per heavy atom. The minimum absolute atomic E-state index is 0.816. The minimum Gasteiger partial charge on any atom is -0.497 e. The van der Waals surface area contributed by atoms with Crippen molar-refractivity contribution in [3.8, 4) is 17.0 Å². The highest BCUT2D eigenvalue weighted by Gasteiger charge is 2.13. The molecule has 2 aromatic carbocycles. The predicted molar refractivity (Wildman–Crippen MR) is 98.4 cm³/mol. The van der Waals surface area contributed by atoms with Gasteiger partial charge in [0.25, 0.3) is 0 Å². The largest absolute Gasteiger partial charge is 0.497 e. The van der Waals surface area contributed by atoms with Gasteiger partial charge in [-0.3, -0.25) is 0 Å². The predicted octanol–water partition coefficient (Wildman–Crippen LogP) is 5.29. The van der Waals surface area contributed by atoms with E-state index in [0.29, 0.717) is 0 Å². The highest BCUT2D eigenvalue weighted by molar-refractivity contribution is 9.08. The molecule has 23 heavy (non-hydrogen) atoms. The fraction of sp³-hybridized carbons (Fsp3) is 0.250. The van der Waals surface area contributed by atoms with Crippen molar-refractivity contribution in [2.45, 2.75) is 24.6 Å². The number of ether oxygens (including phenoxy) is 1. The maximum Gasteiger partial charge on any atom is 0.121 e. The van der Waals surface area contributed by atoms with Crippen LogP contribution in [0.4, 0.5) is 0 Å². The molecule has 1 heterocycles. The Bertz CT molecular complexity index is 888. The van der Waals surface area contributed by atoms with Gasteiger partial charge in [0, 0.05) is 22.3 Å². The summed E-state index contributed by atoms with van der Waals surface area (Å²) in [5, 5.41) is 1.99. The van der Waals surface area contributed by atoms with Gasteiger partial charge in [0.1, 0.15) is 5.75 Å². The first kappa shape index (κ1) is 14.7. The fourth-order valence-electron chi connectivity index (χ4n) is 3.40. The van der Waals surface area contributed by atoms with Crippen molar-refractivity contribution in [2.75, 3.05) is 7.11 Å². The summed E-state index contributed by atoms with van der Waals surface area (Å²) in [4.78, 5) is 4.89. The van der Waals surface area contributed by atoms with E-state index in [2.05, 4.69) is 46.3 Å². The standard InChI is InChI=1S/C20H18BrNO/c1-23-17-7-8-18-16(12-21)10-19(22-20(18)11-17)15-6-5-13-3-2-4-14(13)9-15/h5-11H,2-4,12H2,1H3. The van der Waals surface area contributed by atoms with E-state index < -0.39 is 0 Å². The highest BCUT2D eigenvalue weighted by atomic mass is 79.9. The topological polar surface area (TPSA) is 22.1 Å². The molecule has 1 aliphatic rings. The molecule has 0 N–H and O–H groups in total. The molecule has 3 heteroatoms. The van der Waals surface area contributed by atoms with Crippen LogP contribution in [-0.4, -0.2) is 12.1 Å². The minimum atomic E-state index is 0.816. The lowest BCUT2D eigenvalue weighted by Crippen LogP contribution is -1.93. The van der Waals surface area contributed by atoms with Crippen molar-refractivity contribution in [1.82, 2.24) is 4.98 Å². The Labute approximate surface area is 144 Å². The highest BCUT2D eigenvalue weighted by Crippen LogP contribution is 2.31. The molecule has 0 bridgehead atoms. The Morgan fingerprint density at radius 3 is 2.74 bits per heavy atom. The number of hydrogen-bond acceptors (Lipinski definition) is 2. The smallest absolute Gasteiger partial charge is 0.121 e. The third kappa shape index (κ3) is 2.63. The molecule has 2 nitrogen and oxygen atoms in total. The Morgan fingerprint density at radius 2 is 1.91 bits per heavy atom. The van der Waals surface area contributed by atoms with E-state index in [1.165, 1.54) is 46.9 Å². The van der Waals surface area contributed by atoms with Crippen LogP contribution in [0.1, 0.15) is 23.1 Å². The Balaban J connectivity index is 1.89. The molecule has 1 aliphatic carbocycles. The fourth-order valence-corrected chi connectivity index (χ4v) is 3.86. The summed E-state index contributed by atoms with van der Waals surface area (Å²) in [6.07, 6.45) is 3.67. The van der Waals surface area contributed by atoms with Gasteiger partial charge in [0.15, 0.2) is 0 Å². The summed E-state index contributed by atoms with van der Waals surface area (Å²) < 4.78 is 5.35. The van der Waals surface area contributed by atoms with Crippen LogP contribution in [0.2, 0.25) is 0 Å². The number of aromatic nitrogens is 1. The van der Waals surface area contributed by atoms with Crippen molar-refractivity contribution >= 4 is 26.8 Å². The van der Waals surface area contributed by atoms with E-state index in [0.717, 1.165) is 22.3 Å². The molecule has 0 amide bonds. The maximum atomic E-state index is 5.35. The zero-order valence-corrected chi connectivity index (χ0v) is 14.7. The number of benzene rings is 2. The van der Waals surface area contributed by atoms with Crippen molar-refractivity contribution in [1.29, 1.82) is 0 Å². The van der Waals surface area contributed by atoms with Crippen molar-refractivity contribution in [3.63, 3.8) is 0 Å². The first-order valence-corrected chi connectivity index (χ1v) is 9.06. The van der Waals surface area contributed by atoms with Gasteiger partial charge in [-0.1, -0.05) is 28.1 Å². The summed E-state index contributed by atoms with van der Waals surface area (Å²) in [5.41, 5.74) is 7.46. The van der Waals surface area contributed by atoms with Gasteiger partial charge >= 0.3 is 0 Å². The number of pyridine rings is 1. The van der Waals surface area contributed by atoms with E-state index in [9.17, 15) is 0 Å². The molecule has 0 saturated heterocycles. The molecule has 0 spiro atoms. The van der Waals surface area contributed by atoms with Crippen LogP contribution in [0.3, 0.4) is 0 Å². The van der Waals surface area contributed by atoms with Crippen LogP contribution in [0.5, 0.6) is 5.75 Å². The summed E-state index contributed by atoms with van der Waals surface area (Å²) >= 11 is 3.61. The molecule has 0 radical (unpaired) electrons. The van der Waals surface area contributed by atoms with Gasteiger partial charge in [-0.25, -0.2) is 4.98 Å². The lowest BCUT2D eigenvalue weighted by molar-refractivity contribution is 0.415. The summed E-state index contributed by atoms with van der Waals surface area (Å²) in [7, 11) is 1.69. The van der Waals surface area contributed by atoms with Gasteiger partial charge < -0.3 is 4.74 Å². The second-order valence-corrected chi connectivity index (χ2v) is 6.58. The first-order valence-electron chi connectivity index (χ1n) is 7.94. The normalized spacial score (nSPS) is 13.3. The number of aryl methyl sites for hydroxylation is 2. The Kier molecular flexibility index (Phi) is 3.82. The average Bonchev–Trinajstić information content (AvgIpc) is 3.07. The van der Waals surface area contributed by atoms with E-state index in [4.69, 9.17) is 9.72 Å². The van der Waals surface area contributed by atoms with Gasteiger partial charge in [-0.15, -0.1) is 0 Å². The van der Waals surface area contributed by atoms with Crippen LogP contribution < -0.4 is 4.74 Å². The first-order chi connectivity index (χ1) is 11.3. The summed E-state index contributed by atoms with van der Waals surface area (Å²) in [5.74, 6) is 0.844. The van der Waals surface area contributed by atoms with Crippen molar-refractivity contribution < 1.29 is 4.74 Å². The van der Waals surface area contributed by atoms with E-state index >= 15 is 0 Å². The molecular weight excluding hydrogens is 350 g/mol. The number of alkyl halides is 1. The number of rotatable bonds is 3. The number of hydrogen-bond donors (Lipinski definition) is 0. The van der Waals surface area contributed by atoms with Gasteiger partial charge in [0.05, 0.1) is 18.3 Å². The molecule has 0 atom stereocenters. The van der Waals surface area contributed by atoms with Crippen LogP contribution in [0.15, 0.2) is 42.5 Å². The van der Waals surface area contributed by atoms with Gasteiger partial charge in [-0.05, 0) is 60.2 Å². The lowest BCUT2D eigenvalue weighted by atomic mass is 10.0. The molecule has 0 saturated carbocycles. The monoisotopic (exact) mass is 367 g/mol. The molecule has 0 aliphatic heterocycles. The molecule has 116 valence electrons. The second kappa shape index (κ2) is 5.97. The van der Waals surface area contributed by atoms with Gasteiger partial charge in [-0.2, -0.15) is 0 Å². The number of nitrogens with zero attached hydrogens (tertiary/aromatic N) is 1. The van der Waals surface area contributed by atoms with Crippen LogP contribution in [0, 0.1) is 0 Å². The van der Waals surface area contributed by atoms with E-state index in [1.54, 1.807) is 7.11 Å². The van der Waals surface area contributed by atoms with E-state index in [1.807, 2.05) is 12.1 Å². The lowest BCUT2D eigenvalue weighted by Gasteiger charge is -2.10. The number of methoxy groups -OCH3 is 1. The average molecular weight is 368 g/mol. The summed E-state index contributed by atoms with van der Waals surface area (Å²) in [6.45, 7) is 0. The number of fused-ring (bicyclic) bond motifs is 2. The third-order valence-electron chi connectivity index (χ3n) is 4.64. The molecule has 0 fully saturated rings. The number of halogens is 1. The molecule has 3 aromatic rings. The molecule has 0 unspecified atom stereocenters. The van der Waals surface area contributed by atoms with Crippen molar-refractivity contribution in [3.05, 3.63) is 59.2 Å². The SMILES string of the molecule is COc1ccc2c(CBr)cc(-c3ccc4c(c3)CCC4)nc2c1. The zero-order valence-electron chi connectivity index (χ0n) is 13.1. The van der Waals surface area contributed by atoms with Crippen LogP contribution in [-0.2, 0) is 18.2 Å². The second-order valence-electron chi connectivity index (χ2n) is 6.02. The molecule has 1 aromatic heterocycles. The quantitative estimate of drug-likeness (QED) is 0.586.